The third kappa shape index (κ3) is 5.00. The van der Waals surface area contributed by atoms with Gasteiger partial charge in [-0.25, -0.2) is 21.9 Å². The Balaban J connectivity index is 2.84. The highest BCUT2D eigenvalue weighted by atomic mass is 32.2. The number of hydrogen-bond acceptors (Lipinski definition) is 3. The Morgan fingerprint density at radius 1 is 1.24 bits per heavy atom. The molecule has 0 aromatic heterocycles. The van der Waals surface area contributed by atoms with E-state index in [4.69, 9.17) is 5.11 Å². The van der Waals surface area contributed by atoms with Gasteiger partial charge in [0.1, 0.15) is 6.61 Å². The van der Waals surface area contributed by atoms with Crippen LogP contribution in [0, 0.1) is 11.8 Å². The van der Waals surface area contributed by atoms with Gasteiger partial charge < -0.3 is 5.11 Å². The van der Waals surface area contributed by atoms with Crippen molar-refractivity contribution in [3.8, 4) is 11.8 Å². The van der Waals surface area contributed by atoms with E-state index in [2.05, 4.69) is 11.8 Å². The summed E-state index contributed by atoms with van der Waals surface area (Å²) < 4.78 is 74.0. The number of halogens is 4. The van der Waals surface area contributed by atoms with Crippen molar-refractivity contribution in [3.05, 3.63) is 29.8 Å². The van der Waals surface area contributed by atoms with Crippen LogP contribution in [0.3, 0.4) is 0 Å². The lowest BCUT2D eigenvalue weighted by Gasteiger charge is -2.15. The molecule has 116 valence electrons. The van der Waals surface area contributed by atoms with Gasteiger partial charge in [-0.15, -0.1) is 0 Å². The van der Waals surface area contributed by atoms with Crippen molar-refractivity contribution in [2.24, 2.45) is 0 Å². The molecule has 0 aliphatic rings. The van der Waals surface area contributed by atoms with Crippen molar-refractivity contribution >= 4 is 10.0 Å². The van der Waals surface area contributed by atoms with Crippen LogP contribution in [0.2, 0.25) is 0 Å². The SMILES string of the molecule is O=S(=O)(NCC(F)(F)C(F)F)c1ccc(C#CCO)cc1. The highest BCUT2D eigenvalue weighted by molar-refractivity contribution is 7.89. The van der Waals surface area contributed by atoms with E-state index in [1.807, 2.05) is 0 Å². The van der Waals surface area contributed by atoms with Crippen molar-refractivity contribution in [3.63, 3.8) is 0 Å². The standard InChI is InChI=1S/C12H11F4NO3S/c13-11(14)12(15,16)8-17-21(19,20)10-5-3-9(4-6-10)2-1-7-18/h3-6,11,17-18H,7-8H2. The fourth-order valence-electron chi connectivity index (χ4n) is 1.21. The summed E-state index contributed by atoms with van der Waals surface area (Å²) in [5.74, 6) is 0.403. The second kappa shape index (κ2) is 6.89. The second-order valence-electron chi connectivity index (χ2n) is 3.87. The first-order chi connectivity index (χ1) is 9.69. The molecule has 0 atom stereocenters. The highest BCUT2D eigenvalue weighted by Gasteiger charge is 2.41. The van der Waals surface area contributed by atoms with Crippen molar-refractivity contribution in [2.75, 3.05) is 13.2 Å². The van der Waals surface area contributed by atoms with Gasteiger partial charge in [0.2, 0.25) is 10.0 Å². The average molecular weight is 325 g/mol. The van der Waals surface area contributed by atoms with Gasteiger partial charge in [-0.2, -0.15) is 8.78 Å². The molecular formula is C12H11F4NO3S. The van der Waals surface area contributed by atoms with Crippen molar-refractivity contribution in [2.45, 2.75) is 17.2 Å². The maximum Gasteiger partial charge on any atom is 0.320 e. The van der Waals surface area contributed by atoms with Gasteiger partial charge in [0.05, 0.1) is 11.4 Å². The van der Waals surface area contributed by atoms with Gasteiger partial charge in [0.15, 0.2) is 0 Å². The molecule has 0 saturated heterocycles. The third-order valence-corrected chi connectivity index (χ3v) is 3.71. The smallest absolute Gasteiger partial charge is 0.320 e. The monoisotopic (exact) mass is 325 g/mol. The lowest BCUT2D eigenvalue weighted by Crippen LogP contribution is -2.41. The lowest BCUT2D eigenvalue weighted by atomic mass is 10.2. The minimum atomic E-state index is -4.44. The Morgan fingerprint density at radius 2 is 1.81 bits per heavy atom. The van der Waals surface area contributed by atoms with E-state index in [9.17, 15) is 26.0 Å². The zero-order chi connectivity index (χ0) is 16.1. The molecule has 1 rings (SSSR count). The summed E-state index contributed by atoms with van der Waals surface area (Å²) in [5, 5.41) is 8.49. The first kappa shape index (κ1) is 17.4. The van der Waals surface area contributed by atoms with Crippen LogP contribution in [-0.2, 0) is 10.0 Å². The molecule has 21 heavy (non-hydrogen) atoms. The Hall–Kier alpha value is -1.63. The zero-order valence-electron chi connectivity index (χ0n) is 10.5. The topological polar surface area (TPSA) is 66.4 Å². The fraction of sp³-hybridized carbons (Fsp3) is 0.333. The molecule has 0 amide bonds. The molecule has 0 aliphatic heterocycles. The van der Waals surface area contributed by atoms with Crippen molar-refractivity contribution in [1.82, 2.24) is 4.72 Å². The number of sulfonamides is 1. The maximum absolute atomic E-state index is 12.7. The molecule has 4 nitrogen and oxygen atoms in total. The number of rotatable bonds is 5. The van der Waals surface area contributed by atoms with Crippen LogP contribution in [0.1, 0.15) is 5.56 Å². The van der Waals surface area contributed by atoms with Crippen LogP contribution in [0.5, 0.6) is 0 Å². The Labute approximate surface area is 118 Å². The van der Waals surface area contributed by atoms with Crippen LogP contribution < -0.4 is 4.72 Å². The third-order valence-electron chi connectivity index (χ3n) is 2.29. The maximum atomic E-state index is 12.7. The van der Waals surface area contributed by atoms with E-state index in [1.54, 1.807) is 0 Å². The number of nitrogens with one attached hydrogen (secondary N) is 1. The number of alkyl halides is 4. The molecule has 1 aromatic rings. The molecule has 2 N–H and O–H groups in total. The van der Waals surface area contributed by atoms with Crippen LogP contribution in [0.15, 0.2) is 29.2 Å². The number of aliphatic hydroxyl groups excluding tert-OH is 1. The summed E-state index contributed by atoms with van der Waals surface area (Å²) in [6.07, 6.45) is -3.96. The summed E-state index contributed by atoms with van der Waals surface area (Å²) in [6, 6.07) is 4.76. The summed E-state index contributed by atoms with van der Waals surface area (Å²) >= 11 is 0. The second-order valence-corrected chi connectivity index (χ2v) is 5.64. The van der Waals surface area contributed by atoms with Crippen LogP contribution >= 0.6 is 0 Å². The Morgan fingerprint density at radius 3 is 2.29 bits per heavy atom. The first-order valence-corrected chi connectivity index (χ1v) is 7.03. The van der Waals surface area contributed by atoms with Gasteiger partial charge in [-0.1, -0.05) is 11.8 Å². The fourth-order valence-corrected chi connectivity index (χ4v) is 2.25. The highest BCUT2D eigenvalue weighted by Crippen LogP contribution is 2.22. The van der Waals surface area contributed by atoms with E-state index in [1.165, 1.54) is 16.9 Å². The van der Waals surface area contributed by atoms with Gasteiger partial charge >= 0.3 is 12.3 Å². The average Bonchev–Trinajstić information content (AvgIpc) is 2.43. The largest absolute Gasteiger partial charge is 0.384 e. The van der Waals surface area contributed by atoms with E-state index in [-0.39, 0.29) is 11.5 Å². The molecule has 0 fully saturated rings. The Kier molecular flexibility index (Phi) is 5.71. The quantitative estimate of drug-likeness (QED) is 0.632. The van der Waals surface area contributed by atoms with Gasteiger partial charge in [-0.3, -0.25) is 0 Å². The normalized spacial score (nSPS) is 12.1. The molecule has 0 aliphatic carbocycles. The van der Waals surface area contributed by atoms with Crippen LogP contribution in [-0.4, -0.2) is 39.0 Å². The molecule has 0 bridgehead atoms. The van der Waals surface area contributed by atoms with E-state index >= 15 is 0 Å². The number of hydrogen-bond donors (Lipinski definition) is 2. The van der Waals surface area contributed by atoms with Gasteiger partial charge in [0, 0.05) is 5.56 Å². The summed E-state index contributed by atoms with van der Waals surface area (Å²) in [5.41, 5.74) is 0.404. The van der Waals surface area contributed by atoms with Gasteiger partial charge in [0.25, 0.3) is 0 Å². The van der Waals surface area contributed by atoms with Crippen LogP contribution in [0.4, 0.5) is 17.6 Å². The van der Waals surface area contributed by atoms with Crippen molar-refractivity contribution in [1.29, 1.82) is 0 Å². The lowest BCUT2D eigenvalue weighted by molar-refractivity contribution is -0.122. The predicted molar refractivity (Wildman–Crippen MR) is 66.5 cm³/mol. The molecule has 0 unspecified atom stereocenters. The summed E-state index contributed by atoms with van der Waals surface area (Å²) in [6.45, 7) is -2.07. The first-order valence-electron chi connectivity index (χ1n) is 5.54. The minimum absolute atomic E-state index is 0.359. The molecule has 0 spiro atoms. The Bertz CT molecular complexity index is 633. The summed E-state index contributed by atoms with van der Waals surface area (Å²) in [7, 11) is -4.33. The molecule has 1 aromatic carbocycles. The number of benzene rings is 1. The zero-order valence-corrected chi connectivity index (χ0v) is 11.3. The van der Waals surface area contributed by atoms with E-state index < -0.39 is 28.9 Å². The molecule has 0 radical (unpaired) electrons. The number of aliphatic hydroxyl groups is 1. The van der Waals surface area contributed by atoms with Crippen LogP contribution in [0.25, 0.3) is 0 Å². The minimum Gasteiger partial charge on any atom is -0.384 e. The molecular weight excluding hydrogens is 314 g/mol. The molecule has 0 saturated carbocycles. The van der Waals surface area contributed by atoms with Gasteiger partial charge in [-0.05, 0) is 24.3 Å². The van der Waals surface area contributed by atoms with Crippen molar-refractivity contribution < 1.29 is 31.1 Å². The molecule has 9 heteroatoms. The van der Waals surface area contributed by atoms with E-state index in [0.717, 1.165) is 12.1 Å². The van der Waals surface area contributed by atoms with E-state index in [0.29, 0.717) is 5.56 Å². The molecule has 0 heterocycles. The summed E-state index contributed by atoms with van der Waals surface area (Å²) in [4.78, 5) is -0.359. The predicted octanol–water partition coefficient (Wildman–Crippen LogP) is 1.21.